The Labute approximate surface area is 170 Å². The van der Waals surface area contributed by atoms with E-state index >= 15 is 0 Å². The van der Waals surface area contributed by atoms with E-state index in [0.717, 1.165) is 36.6 Å². The summed E-state index contributed by atoms with van der Waals surface area (Å²) < 4.78 is 0. The molecule has 1 fully saturated rings. The van der Waals surface area contributed by atoms with Gasteiger partial charge in [0.25, 0.3) is 0 Å². The lowest BCUT2D eigenvalue weighted by Crippen LogP contribution is -2.27. The van der Waals surface area contributed by atoms with Gasteiger partial charge in [0.2, 0.25) is 5.91 Å². The largest absolute Gasteiger partial charge is 0.325 e. The molecule has 28 heavy (non-hydrogen) atoms. The number of nitrogens with one attached hydrogen (secondary N) is 1. The molecular weight excluding hydrogens is 364 g/mol. The maximum Gasteiger partial charge on any atom is 0.228 e. The second-order valence-electron chi connectivity index (χ2n) is 7.11. The molecule has 1 N–H and O–H groups in total. The van der Waals surface area contributed by atoms with Gasteiger partial charge in [0.05, 0.1) is 11.6 Å². The highest BCUT2D eigenvalue weighted by atomic mass is 32.2. The normalized spacial score (nSPS) is 16.8. The number of hydrogen-bond acceptors (Lipinski definition) is 3. The Balaban J connectivity index is 1.38. The van der Waals surface area contributed by atoms with Crippen molar-refractivity contribution >= 4 is 23.4 Å². The third-order valence-corrected chi connectivity index (χ3v) is 6.09. The molecular formula is C24H24N2OS. The van der Waals surface area contributed by atoms with Crippen LogP contribution < -0.4 is 5.32 Å². The van der Waals surface area contributed by atoms with Crippen LogP contribution in [-0.4, -0.2) is 23.9 Å². The maximum absolute atomic E-state index is 12.9. The quantitative estimate of drug-likeness (QED) is 0.622. The molecule has 1 atom stereocenters. The van der Waals surface area contributed by atoms with E-state index in [1.807, 2.05) is 42.5 Å². The first kappa shape index (κ1) is 18.8. The molecule has 1 unspecified atom stereocenters. The van der Waals surface area contributed by atoms with Gasteiger partial charge in [-0.05, 0) is 42.8 Å². The standard InChI is InChI=1S/C24H24N2OS/c27-24(20-15-16-26(18-20)17-19-9-3-1-4-10-19)25-22-13-7-8-14-23(22)28-21-11-5-2-6-12-21/h1-14,20H,15-18H2,(H,25,27). The minimum Gasteiger partial charge on any atom is -0.325 e. The van der Waals surface area contributed by atoms with Gasteiger partial charge in [0, 0.05) is 22.9 Å². The molecule has 142 valence electrons. The van der Waals surface area contributed by atoms with Crippen LogP contribution in [0.1, 0.15) is 12.0 Å². The second-order valence-corrected chi connectivity index (χ2v) is 8.22. The zero-order valence-corrected chi connectivity index (χ0v) is 16.6. The summed E-state index contributed by atoms with van der Waals surface area (Å²) in [6, 6.07) is 28.7. The highest BCUT2D eigenvalue weighted by molar-refractivity contribution is 7.99. The molecule has 1 heterocycles. The fourth-order valence-electron chi connectivity index (χ4n) is 3.54. The van der Waals surface area contributed by atoms with E-state index in [-0.39, 0.29) is 11.8 Å². The molecule has 1 saturated heterocycles. The fourth-order valence-corrected chi connectivity index (χ4v) is 4.46. The van der Waals surface area contributed by atoms with Crippen molar-refractivity contribution < 1.29 is 4.79 Å². The molecule has 0 saturated carbocycles. The predicted octanol–water partition coefficient (Wildman–Crippen LogP) is 5.30. The van der Waals surface area contributed by atoms with Crippen molar-refractivity contribution in [2.45, 2.75) is 22.8 Å². The smallest absolute Gasteiger partial charge is 0.228 e. The Bertz CT molecular complexity index is 914. The summed E-state index contributed by atoms with van der Waals surface area (Å²) in [4.78, 5) is 17.5. The molecule has 0 radical (unpaired) electrons. The first-order valence-corrected chi connectivity index (χ1v) is 10.5. The van der Waals surface area contributed by atoms with Crippen molar-refractivity contribution in [2.75, 3.05) is 18.4 Å². The molecule has 1 aliphatic heterocycles. The number of hydrogen-bond donors (Lipinski definition) is 1. The van der Waals surface area contributed by atoms with Crippen LogP contribution in [0, 0.1) is 5.92 Å². The molecule has 0 bridgehead atoms. The molecule has 0 spiro atoms. The molecule has 0 aliphatic carbocycles. The van der Waals surface area contributed by atoms with Gasteiger partial charge in [-0.1, -0.05) is 72.4 Å². The second kappa shape index (κ2) is 9.09. The molecule has 0 aromatic heterocycles. The van der Waals surface area contributed by atoms with Crippen LogP contribution in [0.5, 0.6) is 0 Å². The van der Waals surface area contributed by atoms with E-state index in [9.17, 15) is 4.79 Å². The van der Waals surface area contributed by atoms with Crippen molar-refractivity contribution in [1.29, 1.82) is 0 Å². The van der Waals surface area contributed by atoms with Crippen molar-refractivity contribution in [3.63, 3.8) is 0 Å². The van der Waals surface area contributed by atoms with E-state index < -0.39 is 0 Å². The lowest BCUT2D eigenvalue weighted by Gasteiger charge is -2.17. The molecule has 3 aromatic carbocycles. The predicted molar refractivity (Wildman–Crippen MR) is 115 cm³/mol. The highest BCUT2D eigenvalue weighted by Gasteiger charge is 2.28. The van der Waals surface area contributed by atoms with Crippen molar-refractivity contribution in [1.82, 2.24) is 4.90 Å². The first-order chi connectivity index (χ1) is 13.8. The first-order valence-electron chi connectivity index (χ1n) is 9.67. The molecule has 3 nitrogen and oxygen atoms in total. The van der Waals surface area contributed by atoms with Gasteiger partial charge in [0.15, 0.2) is 0 Å². The minimum absolute atomic E-state index is 0.0403. The van der Waals surface area contributed by atoms with Crippen LogP contribution in [-0.2, 0) is 11.3 Å². The summed E-state index contributed by atoms with van der Waals surface area (Å²) in [5.74, 6) is 0.162. The average Bonchev–Trinajstić information content (AvgIpc) is 3.20. The summed E-state index contributed by atoms with van der Waals surface area (Å²) in [5.41, 5.74) is 2.19. The highest BCUT2D eigenvalue weighted by Crippen LogP contribution is 2.33. The van der Waals surface area contributed by atoms with Gasteiger partial charge >= 0.3 is 0 Å². The van der Waals surface area contributed by atoms with E-state index in [0.29, 0.717) is 0 Å². The number of para-hydroxylation sites is 1. The number of rotatable bonds is 6. The Hall–Kier alpha value is -2.56. The summed E-state index contributed by atoms with van der Waals surface area (Å²) in [5, 5.41) is 3.17. The summed E-state index contributed by atoms with van der Waals surface area (Å²) >= 11 is 1.68. The molecule has 3 aromatic rings. The zero-order valence-electron chi connectivity index (χ0n) is 15.8. The summed E-state index contributed by atoms with van der Waals surface area (Å²) in [6.07, 6.45) is 0.909. The van der Waals surface area contributed by atoms with Crippen LogP contribution >= 0.6 is 11.8 Å². The Morgan fingerprint density at radius 2 is 1.61 bits per heavy atom. The minimum atomic E-state index is 0.0403. The van der Waals surface area contributed by atoms with E-state index in [4.69, 9.17) is 0 Å². The van der Waals surface area contributed by atoms with E-state index in [1.165, 1.54) is 10.5 Å². The van der Waals surface area contributed by atoms with Crippen molar-refractivity contribution in [3.8, 4) is 0 Å². The average molecular weight is 389 g/mol. The van der Waals surface area contributed by atoms with E-state index in [2.05, 4.69) is 52.7 Å². The van der Waals surface area contributed by atoms with Crippen molar-refractivity contribution in [2.24, 2.45) is 5.92 Å². The van der Waals surface area contributed by atoms with Gasteiger partial charge in [-0.25, -0.2) is 0 Å². The number of nitrogens with zero attached hydrogens (tertiary/aromatic N) is 1. The topological polar surface area (TPSA) is 32.3 Å². The third kappa shape index (κ3) is 4.83. The Morgan fingerprint density at radius 1 is 0.929 bits per heavy atom. The van der Waals surface area contributed by atoms with Gasteiger partial charge in [-0.15, -0.1) is 0 Å². The fraction of sp³-hybridized carbons (Fsp3) is 0.208. The summed E-state index contributed by atoms with van der Waals surface area (Å²) in [7, 11) is 0. The summed E-state index contributed by atoms with van der Waals surface area (Å²) in [6.45, 7) is 2.69. The number of amides is 1. The monoisotopic (exact) mass is 388 g/mol. The number of likely N-dealkylation sites (tertiary alicyclic amines) is 1. The van der Waals surface area contributed by atoms with Crippen LogP contribution in [0.2, 0.25) is 0 Å². The number of benzene rings is 3. The molecule has 4 rings (SSSR count). The van der Waals surface area contributed by atoms with E-state index in [1.54, 1.807) is 11.8 Å². The van der Waals surface area contributed by atoms with Crippen LogP contribution in [0.3, 0.4) is 0 Å². The molecule has 1 amide bonds. The third-order valence-electron chi connectivity index (χ3n) is 5.01. The maximum atomic E-state index is 12.9. The van der Waals surface area contributed by atoms with Crippen LogP contribution in [0.4, 0.5) is 5.69 Å². The van der Waals surface area contributed by atoms with Gasteiger partial charge < -0.3 is 5.32 Å². The molecule has 1 aliphatic rings. The number of carbonyl (C=O) groups excluding carboxylic acids is 1. The van der Waals surface area contributed by atoms with Crippen LogP contribution in [0.25, 0.3) is 0 Å². The number of anilines is 1. The van der Waals surface area contributed by atoms with Crippen LogP contribution in [0.15, 0.2) is 94.7 Å². The van der Waals surface area contributed by atoms with Crippen molar-refractivity contribution in [3.05, 3.63) is 90.5 Å². The Kier molecular flexibility index (Phi) is 6.10. The SMILES string of the molecule is O=C(Nc1ccccc1Sc1ccccc1)C1CCN(Cc2ccccc2)C1. The zero-order chi connectivity index (χ0) is 19.2. The lowest BCUT2D eigenvalue weighted by molar-refractivity contribution is -0.119. The lowest BCUT2D eigenvalue weighted by atomic mass is 10.1. The van der Waals surface area contributed by atoms with Gasteiger partial charge in [0.1, 0.15) is 0 Å². The Morgan fingerprint density at radius 3 is 2.39 bits per heavy atom. The van der Waals surface area contributed by atoms with Gasteiger partial charge in [-0.2, -0.15) is 0 Å². The van der Waals surface area contributed by atoms with Gasteiger partial charge in [-0.3, -0.25) is 9.69 Å². The number of carbonyl (C=O) groups is 1. The molecule has 4 heteroatoms.